The molecule has 0 heterocycles. The number of aliphatic hydroxyl groups is 1. The Labute approximate surface area is 228 Å². The first-order valence-electron chi connectivity index (χ1n) is 12.4. The van der Waals surface area contributed by atoms with Crippen molar-refractivity contribution in [3.05, 3.63) is 35.4 Å². The minimum Gasteiger partial charge on any atom is -0.469 e. The van der Waals surface area contributed by atoms with Crippen molar-refractivity contribution in [3.63, 3.8) is 0 Å². The summed E-state index contributed by atoms with van der Waals surface area (Å²) < 4.78 is 21.0. The van der Waals surface area contributed by atoms with Gasteiger partial charge >= 0.3 is 23.9 Å². The number of rotatable bonds is 15. The summed E-state index contributed by atoms with van der Waals surface area (Å²) in [4.78, 5) is 61.0. The van der Waals surface area contributed by atoms with Gasteiger partial charge in [-0.2, -0.15) is 0 Å². The molecule has 38 heavy (non-hydrogen) atoms. The molecular weight excluding hydrogens is 520 g/mol. The molecule has 1 aliphatic rings. The summed E-state index contributed by atoms with van der Waals surface area (Å²) in [5.74, 6) is -5.09. The zero-order valence-corrected chi connectivity index (χ0v) is 23.2. The molecule has 1 aliphatic carbocycles. The van der Waals surface area contributed by atoms with E-state index in [9.17, 15) is 29.1 Å². The van der Waals surface area contributed by atoms with Crippen molar-refractivity contribution in [1.29, 1.82) is 0 Å². The van der Waals surface area contributed by atoms with E-state index in [0.29, 0.717) is 6.42 Å². The normalized spacial score (nSPS) is 21.6. The van der Waals surface area contributed by atoms with Gasteiger partial charge in [-0.1, -0.05) is 42.8 Å². The smallest absolute Gasteiger partial charge is 0.305 e. The van der Waals surface area contributed by atoms with Gasteiger partial charge in [0.1, 0.15) is 11.7 Å². The van der Waals surface area contributed by atoms with Crippen molar-refractivity contribution >= 4 is 41.3 Å². The molecule has 0 saturated heterocycles. The predicted octanol–water partition coefficient (Wildman–Crippen LogP) is 3.48. The summed E-state index contributed by atoms with van der Waals surface area (Å²) in [5.41, 5.74) is -1.90. The van der Waals surface area contributed by atoms with Crippen LogP contribution in [0, 0.1) is 5.92 Å². The maximum atomic E-state index is 13.2. The van der Waals surface area contributed by atoms with Crippen LogP contribution in [0.5, 0.6) is 0 Å². The third-order valence-electron chi connectivity index (χ3n) is 5.76. The Kier molecular flexibility index (Phi) is 14.0. The number of allylic oxidation sites excluding steroid dienone is 4. The van der Waals surface area contributed by atoms with Crippen molar-refractivity contribution in [1.82, 2.24) is 0 Å². The second-order valence-electron chi connectivity index (χ2n) is 8.88. The zero-order valence-electron chi connectivity index (χ0n) is 22.4. The quantitative estimate of drug-likeness (QED) is 0.181. The Balaban J connectivity index is 3.48. The third kappa shape index (κ3) is 10.4. The molecule has 1 rings (SSSR count). The monoisotopic (exact) mass is 556 g/mol. The topological polar surface area (TPSA) is 142 Å². The molecule has 0 bridgehead atoms. The fourth-order valence-corrected chi connectivity index (χ4v) is 4.51. The number of carbonyl (C=O) groups excluding carboxylic acids is 5. The number of halogens is 1. The molecule has 0 aromatic heterocycles. The maximum Gasteiger partial charge on any atom is 0.305 e. The molecule has 0 aromatic rings. The number of ether oxygens (including phenoxy) is 4. The van der Waals surface area contributed by atoms with Gasteiger partial charge < -0.3 is 24.1 Å². The van der Waals surface area contributed by atoms with Crippen LogP contribution in [0.1, 0.15) is 66.2 Å². The molecule has 0 fully saturated rings. The van der Waals surface area contributed by atoms with Gasteiger partial charge in [-0.15, -0.1) is 0 Å². The van der Waals surface area contributed by atoms with Crippen molar-refractivity contribution in [2.75, 3.05) is 7.11 Å². The SMILES string of the molecule is CCC=CCC=CCC1(O)C=C(Cl)C(=O)C1C(OC(C)=O)C(OC(C)=O)C(CCCC(=O)OC)OC(C)=O. The van der Waals surface area contributed by atoms with Crippen LogP contribution in [0.15, 0.2) is 35.4 Å². The number of methoxy groups -OCH3 is 1. The number of esters is 4. The summed E-state index contributed by atoms with van der Waals surface area (Å²) in [7, 11) is 1.22. The largest absolute Gasteiger partial charge is 0.469 e. The summed E-state index contributed by atoms with van der Waals surface area (Å²) >= 11 is 6.14. The van der Waals surface area contributed by atoms with E-state index in [1.165, 1.54) is 13.2 Å². The molecule has 5 unspecified atom stereocenters. The van der Waals surface area contributed by atoms with Crippen LogP contribution >= 0.6 is 11.6 Å². The van der Waals surface area contributed by atoms with E-state index < -0.39 is 59.5 Å². The Bertz CT molecular complexity index is 954. The summed E-state index contributed by atoms with van der Waals surface area (Å²) in [5, 5.41) is 11.3. The first-order valence-corrected chi connectivity index (χ1v) is 12.8. The van der Waals surface area contributed by atoms with Crippen LogP contribution in [0.4, 0.5) is 0 Å². The van der Waals surface area contributed by atoms with Crippen LogP contribution in [-0.4, -0.2) is 65.8 Å². The van der Waals surface area contributed by atoms with Crippen molar-refractivity contribution in [3.8, 4) is 0 Å². The zero-order chi connectivity index (χ0) is 28.9. The lowest BCUT2D eigenvalue weighted by Gasteiger charge is -2.39. The van der Waals surface area contributed by atoms with Crippen molar-refractivity contribution < 1.29 is 48.0 Å². The summed E-state index contributed by atoms with van der Waals surface area (Å²) in [6.45, 7) is 5.31. The molecule has 1 N–H and O–H groups in total. The molecule has 5 atom stereocenters. The molecule has 11 heteroatoms. The Hall–Kier alpha value is -2.98. The van der Waals surface area contributed by atoms with Gasteiger partial charge in [0.15, 0.2) is 18.0 Å². The van der Waals surface area contributed by atoms with E-state index >= 15 is 0 Å². The van der Waals surface area contributed by atoms with Gasteiger partial charge in [0, 0.05) is 27.2 Å². The summed E-state index contributed by atoms with van der Waals surface area (Å²) in [6.07, 6.45) is 5.79. The summed E-state index contributed by atoms with van der Waals surface area (Å²) in [6, 6.07) is 0. The van der Waals surface area contributed by atoms with E-state index in [1.807, 2.05) is 19.1 Å². The number of carbonyl (C=O) groups is 5. The van der Waals surface area contributed by atoms with Gasteiger partial charge in [-0.05, 0) is 38.2 Å². The highest BCUT2D eigenvalue weighted by Gasteiger charge is 2.56. The average molecular weight is 557 g/mol. The lowest BCUT2D eigenvalue weighted by Crippen LogP contribution is -2.55. The lowest BCUT2D eigenvalue weighted by atomic mass is 9.79. The molecule has 0 spiro atoms. The van der Waals surface area contributed by atoms with Crippen LogP contribution in [-0.2, 0) is 42.9 Å². The third-order valence-corrected chi connectivity index (χ3v) is 6.05. The lowest BCUT2D eigenvalue weighted by molar-refractivity contribution is -0.194. The Morgan fingerprint density at radius 2 is 1.63 bits per heavy atom. The minimum absolute atomic E-state index is 0.00540. The van der Waals surface area contributed by atoms with Crippen LogP contribution in [0.2, 0.25) is 0 Å². The molecule has 0 radical (unpaired) electrons. The first kappa shape index (κ1) is 33.0. The molecule has 0 aliphatic heterocycles. The number of hydrogen-bond donors (Lipinski definition) is 1. The van der Waals surface area contributed by atoms with Gasteiger partial charge in [0.05, 0.1) is 18.1 Å². The van der Waals surface area contributed by atoms with Crippen LogP contribution < -0.4 is 0 Å². The second-order valence-corrected chi connectivity index (χ2v) is 9.29. The standard InChI is InChI=1S/C27H37ClO10/c1-6-7-8-9-10-11-15-27(34)16-20(28)24(33)23(27)26(38-19(4)31)25(37-18(3)30)21(36-17(2)29)13-12-14-22(32)35-5/h7-8,10-11,16,21,23,25-26,34H,6,9,12-15H2,1-5H3. The first-order chi connectivity index (χ1) is 17.9. The number of Topliss-reactive ketones (excluding diaryl/α,β-unsaturated/α-hetero) is 1. The predicted molar refractivity (Wildman–Crippen MR) is 138 cm³/mol. The van der Waals surface area contributed by atoms with Gasteiger partial charge in [-0.25, -0.2) is 0 Å². The van der Waals surface area contributed by atoms with Crippen LogP contribution in [0.3, 0.4) is 0 Å². The van der Waals surface area contributed by atoms with Gasteiger partial charge in [0.2, 0.25) is 0 Å². The highest BCUT2D eigenvalue weighted by molar-refractivity contribution is 6.44. The van der Waals surface area contributed by atoms with Crippen molar-refractivity contribution in [2.24, 2.45) is 5.92 Å². The average Bonchev–Trinajstić information content (AvgIpc) is 3.05. The fourth-order valence-electron chi connectivity index (χ4n) is 4.20. The van der Waals surface area contributed by atoms with Gasteiger partial charge in [0.25, 0.3) is 0 Å². The maximum absolute atomic E-state index is 13.2. The van der Waals surface area contributed by atoms with E-state index in [-0.39, 0.29) is 30.7 Å². The number of hydrogen-bond acceptors (Lipinski definition) is 10. The fraction of sp³-hybridized carbons (Fsp3) is 0.593. The van der Waals surface area contributed by atoms with E-state index in [4.69, 9.17) is 25.8 Å². The number of ketones is 1. The van der Waals surface area contributed by atoms with Crippen molar-refractivity contribution in [2.45, 2.75) is 90.1 Å². The molecule has 0 aromatic carbocycles. The van der Waals surface area contributed by atoms with Crippen LogP contribution in [0.25, 0.3) is 0 Å². The van der Waals surface area contributed by atoms with E-state index in [2.05, 4.69) is 4.74 Å². The Morgan fingerprint density at radius 1 is 1.03 bits per heavy atom. The van der Waals surface area contributed by atoms with E-state index in [1.54, 1.807) is 12.2 Å². The molecule has 10 nitrogen and oxygen atoms in total. The highest BCUT2D eigenvalue weighted by atomic mass is 35.5. The van der Waals surface area contributed by atoms with Gasteiger partial charge in [-0.3, -0.25) is 24.0 Å². The molecule has 0 amide bonds. The Morgan fingerprint density at radius 3 is 2.18 bits per heavy atom. The molecule has 0 saturated carbocycles. The molecule has 212 valence electrons. The van der Waals surface area contributed by atoms with E-state index in [0.717, 1.165) is 27.2 Å². The highest BCUT2D eigenvalue weighted by Crippen LogP contribution is 2.41. The molecular formula is C27H37ClO10. The minimum atomic E-state index is -1.90. The second kappa shape index (κ2) is 16.1.